The maximum absolute atomic E-state index is 11.4. The highest BCUT2D eigenvalue weighted by molar-refractivity contribution is 9.09. The molecule has 0 fully saturated rings. The van der Waals surface area contributed by atoms with Crippen LogP contribution in [0.3, 0.4) is 0 Å². The van der Waals surface area contributed by atoms with E-state index in [-0.39, 0.29) is 30.2 Å². The minimum absolute atomic E-state index is 0. The van der Waals surface area contributed by atoms with E-state index in [1.165, 1.54) is 0 Å². The van der Waals surface area contributed by atoms with Crippen molar-refractivity contribution in [3.8, 4) is 0 Å². The minimum atomic E-state index is 0. The van der Waals surface area contributed by atoms with Crippen LogP contribution in [0, 0.1) is 13.8 Å². The van der Waals surface area contributed by atoms with Gasteiger partial charge in [-0.3, -0.25) is 9.78 Å². The van der Waals surface area contributed by atoms with Crippen LogP contribution in [-0.4, -0.2) is 16.1 Å². The Morgan fingerprint density at radius 2 is 1.79 bits per heavy atom. The number of hydrogen-bond donors (Lipinski definition) is 0. The standard InChI is InChI=1S/C9H10BrNO.CH4.BrH/c1-6-4-11-5-7(2)9(6)8(12)3-10;;/h4-5H,3H2,1-2H3;1H4;1H. The van der Waals surface area contributed by atoms with Crippen molar-refractivity contribution in [2.45, 2.75) is 21.3 Å². The van der Waals surface area contributed by atoms with Crippen LogP contribution in [0.15, 0.2) is 12.4 Å². The lowest BCUT2D eigenvalue weighted by Crippen LogP contribution is -2.05. The second-order valence-corrected chi connectivity index (χ2v) is 3.27. The molecule has 0 N–H and O–H groups in total. The van der Waals surface area contributed by atoms with Crippen molar-refractivity contribution >= 4 is 38.7 Å². The van der Waals surface area contributed by atoms with E-state index in [0.29, 0.717) is 5.33 Å². The highest BCUT2D eigenvalue weighted by Gasteiger charge is 2.09. The Morgan fingerprint density at radius 3 is 2.14 bits per heavy atom. The molecule has 0 bridgehead atoms. The van der Waals surface area contributed by atoms with Crippen molar-refractivity contribution < 1.29 is 4.79 Å². The molecule has 0 saturated carbocycles. The van der Waals surface area contributed by atoms with E-state index in [9.17, 15) is 4.79 Å². The minimum Gasteiger partial charge on any atom is -0.293 e. The van der Waals surface area contributed by atoms with Crippen molar-refractivity contribution in [1.82, 2.24) is 4.98 Å². The highest BCUT2D eigenvalue weighted by Crippen LogP contribution is 2.12. The topological polar surface area (TPSA) is 30.0 Å². The second kappa shape index (κ2) is 7.12. The summed E-state index contributed by atoms with van der Waals surface area (Å²) in [7, 11) is 0. The number of alkyl halides is 1. The van der Waals surface area contributed by atoms with Crippen LogP contribution in [0.1, 0.15) is 28.9 Å². The average Bonchev–Trinajstić information content (AvgIpc) is 2.03. The van der Waals surface area contributed by atoms with Crippen LogP contribution in [0.5, 0.6) is 0 Å². The van der Waals surface area contributed by atoms with Crippen molar-refractivity contribution in [2.24, 2.45) is 0 Å². The third kappa shape index (κ3) is 3.50. The summed E-state index contributed by atoms with van der Waals surface area (Å²) in [5.74, 6) is 0.118. The van der Waals surface area contributed by atoms with Gasteiger partial charge < -0.3 is 0 Å². The fraction of sp³-hybridized carbons (Fsp3) is 0.400. The lowest BCUT2D eigenvalue weighted by atomic mass is 10.0. The predicted octanol–water partition coefficient (Wildman–Crippen LogP) is 3.49. The van der Waals surface area contributed by atoms with Crippen LogP contribution < -0.4 is 0 Å². The van der Waals surface area contributed by atoms with Gasteiger partial charge in [0.25, 0.3) is 0 Å². The monoisotopic (exact) mass is 323 g/mol. The number of Topliss-reactive ketones (excluding diaryl/α,β-unsaturated/α-hetero) is 1. The molecule has 0 aliphatic carbocycles. The normalized spacial score (nSPS) is 8.50. The van der Waals surface area contributed by atoms with E-state index in [4.69, 9.17) is 0 Å². The number of carbonyl (C=O) groups is 1. The molecule has 0 radical (unpaired) electrons. The van der Waals surface area contributed by atoms with E-state index in [1.807, 2.05) is 13.8 Å². The molecule has 0 amide bonds. The molecule has 14 heavy (non-hydrogen) atoms. The van der Waals surface area contributed by atoms with Crippen LogP contribution in [0.4, 0.5) is 0 Å². The third-order valence-corrected chi connectivity index (χ3v) is 2.23. The zero-order valence-corrected chi connectivity index (χ0v) is 10.8. The van der Waals surface area contributed by atoms with Crippen LogP contribution in [-0.2, 0) is 0 Å². The molecule has 0 spiro atoms. The molecular weight excluding hydrogens is 310 g/mol. The summed E-state index contributed by atoms with van der Waals surface area (Å²) in [4.78, 5) is 15.4. The van der Waals surface area contributed by atoms with Gasteiger partial charge in [-0.15, -0.1) is 17.0 Å². The summed E-state index contributed by atoms with van der Waals surface area (Å²) >= 11 is 3.15. The maximum atomic E-state index is 11.4. The molecule has 2 nitrogen and oxygen atoms in total. The predicted molar refractivity (Wildman–Crippen MR) is 68.9 cm³/mol. The number of pyridine rings is 1. The number of nitrogens with zero attached hydrogens (tertiary/aromatic N) is 1. The fourth-order valence-electron chi connectivity index (χ4n) is 1.21. The molecule has 1 rings (SSSR count). The lowest BCUT2D eigenvalue weighted by molar-refractivity contribution is 0.102. The molecule has 1 heterocycles. The Bertz CT molecular complexity index is 293. The van der Waals surface area contributed by atoms with Crippen molar-refractivity contribution in [3.63, 3.8) is 0 Å². The van der Waals surface area contributed by atoms with Crippen LogP contribution >= 0.6 is 32.9 Å². The highest BCUT2D eigenvalue weighted by atomic mass is 79.9. The Morgan fingerprint density at radius 1 is 1.36 bits per heavy atom. The number of halogens is 2. The van der Waals surface area contributed by atoms with Crippen LogP contribution in [0.25, 0.3) is 0 Å². The zero-order chi connectivity index (χ0) is 9.14. The Kier molecular flexibility index (Phi) is 8.25. The third-order valence-electron chi connectivity index (χ3n) is 1.73. The van der Waals surface area contributed by atoms with Gasteiger partial charge in [-0.25, -0.2) is 0 Å². The van der Waals surface area contributed by atoms with Gasteiger partial charge in [-0.2, -0.15) is 0 Å². The molecule has 0 aliphatic rings. The number of carbonyl (C=O) groups excluding carboxylic acids is 1. The van der Waals surface area contributed by atoms with Gasteiger partial charge in [0.2, 0.25) is 0 Å². The number of rotatable bonds is 2. The van der Waals surface area contributed by atoms with Crippen molar-refractivity contribution in [1.29, 1.82) is 0 Å². The Labute approximate surface area is 104 Å². The summed E-state index contributed by atoms with van der Waals surface area (Å²) in [6.07, 6.45) is 3.42. The average molecular weight is 325 g/mol. The first-order valence-electron chi connectivity index (χ1n) is 3.67. The number of hydrogen-bond acceptors (Lipinski definition) is 2. The van der Waals surface area contributed by atoms with Crippen molar-refractivity contribution in [2.75, 3.05) is 5.33 Å². The lowest BCUT2D eigenvalue weighted by Gasteiger charge is -2.04. The summed E-state index contributed by atoms with van der Waals surface area (Å²) in [6, 6.07) is 0. The molecule has 0 saturated heterocycles. The Hall–Kier alpha value is -0.220. The molecular formula is C10H15Br2NO. The number of ketones is 1. The molecule has 0 aromatic carbocycles. The van der Waals surface area contributed by atoms with Gasteiger partial charge in [0.1, 0.15) is 0 Å². The number of aryl methyl sites for hydroxylation is 2. The van der Waals surface area contributed by atoms with E-state index in [1.54, 1.807) is 12.4 Å². The number of aromatic nitrogens is 1. The fourth-order valence-corrected chi connectivity index (χ4v) is 1.49. The first-order valence-corrected chi connectivity index (χ1v) is 4.79. The molecule has 4 heteroatoms. The van der Waals surface area contributed by atoms with Gasteiger partial charge in [-0.05, 0) is 25.0 Å². The van der Waals surface area contributed by atoms with Gasteiger partial charge in [0.15, 0.2) is 5.78 Å². The molecule has 0 atom stereocenters. The molecule has 80 valence electrons. The van der Waals surface area contributed by atoms with Gasteiger partial charge in [0.05, 0.1) is 5.33 Å². The second-order valence-electron chi connectivity index (χ2n) is 2.71. The zero-order valence-electron chi connectivity index (χ0n) is 7.50. The maximum Gasteiger partial charge on any atom is 0.174 e. The van der Waals surface area contributed by atoms with Gasteiger partial charge in [0, 0.05) is 18.0 Å². The molecule has 0 aliphatic heterocycles. The van der Waals surface area contributed by atoms with Crippen molar-refractivity contribution in [3.05, 3.63) is 29.1 Å². The Balaban J connectivity index is 0. The SMILES string of the molecule is Br.C.Cc1cncc(C)c1C(=O)CBr. The molecule has 1 aromatic rings. The first-order chi connectivity index (χ1) is 5.66. The van der Waals surface area contributed by atoms with Crippen LogP contribution in [0.2, 0.25) is 0 Å². The summed E-state index contributed by atoms with van der Waals surface area (Å²) in [5.41, 5.74) is 2.68. The van der Waals surface area contributed by atoms with E-state index in [0.717, 1.165) is 16.7 Å². The summed E-state index contributed by atoms with van der Waals surface area (Å²) < 4.78 is 0. The van der Waals surface area contributed by atoms with E-state index >= 15 is 0 Å². The molecule has 0 unspecified atom stereocenters. The first kappa shape index (κ1) is 16.2. The quantitative estimate of drug-likeness (QED) is 0.615. The summed E-state index contributed by atoms with van der Waals surface area (Å²) in [5, 5.41) is 0.374. The van der Waals surface area contributed by atoms with E-state index in [2.05, 4.69) is 20.9 Å². The van der Waals surface area contributed by atoms with Gasteiger partial charge >= 0.3 is 0 Å². The molecule has 1 aromatic heterocycles. The smallest absolute Gasteiger partial charge is 0.174 e. The van der Waals surface area contributed by atoms with E-state index < -0.39 is 0 Å². The summed E-state index contributed by atoms with van der Waals surface area (Å²) in [6.45, 7) is 3.80. The van der Waals surface area contributed by atoms with Gasteiger partial charge in [-0.1, -0.05) is 23.4 Å². The largest absolute Gasteiger partial charge is 0.293 e.